The lowest BCUT2D eigenvalue weighted by Gasteiger charge is -2.33. The predicted molar refractivity (Wildman–Crippen MR) is 131 cm³/mol. The summed E-state index contributed by atoms with van der Waals surface area (Å²) in [4.78, 5) is 41.3. The smallest absolute Gasteiger partial charge is 0.269 e. The van der Waals surface area contributed by atoms with Gasteiger partial charge in [0.25, 0.3) is 5.91 Å². The highest BCUT2D eigenvalue weighted by atomic mass is 32.2. The summed E-state index contributed by atoms with van der Waals surface area (Å²) in [6.45, 7) is 3.63. The quantitative estimate of drug-likeness (QED) is 0.609. The highest BCUT2D eigenvalue weighted by molar-refractivity contribution is 8.02. The van der Waals surface area contributed by atoms with Crippen LogP contribution in [0.1, 0.15) is 16.7 Å². The first kappa shape index (κ1) is 22.2. The van der Waals surface area contributed by atoms with Crippen LogP contribution in [-0.2, 0) is 19.3 Å². The number of nitrogens with zero attached hydrogens (tertiary/aromatic N) is 2. The summed E-state index contributed by atoms with van der Waals surface area (Å²) in [6, 6.07) is 18.6. The van der Waals surface area contributed by atoms with Crippen LogP contribution in [0.3, 0.4) is 0 Å². The molecule has 0 bridgehead atoms. The summed E-state index contributed by atoms with van der Waals surface area (Å²) in [5.74, 6) is -1.47. The van der Waals surface area contributed by atoms with Crippen molar-refractivity contribution in [1.29, 1.82) is 0 Å². The molecule has 2 aliphatic rings. The monoisotopic (exact) mass is 475 g/mol. The number of anilines is 3. The largest absolute Gasteiger partial charge is 0.324 e. The van der Waals surface area contributed by atoms with E-state index in [0.29, 0.717) is 22.6 Å². The third-order valence-electron chi connectivity index (χ3n) is 6.10. The highest BCUT2D eigenvalue weighted by Crippen LogP contribution is 2.55. The van der Waals surface area contributed by atoms with E-state index < -0.39 is 16.6 Å². The second-order valence-electron chi connectivity index (χ2n) is 8.42. The van der Waals surface area contributed by atoms with Gasteiger partial charge < -0.3 is 5.32 Å². The molecule has 0 aromatic heterocycles. The zero-order chi connectivity index (χ0) is 24.0. The fraction of sp³-hybridized carbons (Fsp3) is 0.192. The number of para-hydroxylation sites is 1. The molecule has 1 fully saturated rings. The van der Waals surface area contributed by atoms with Gasteiger partial charge >= 0.3 is 0 Å². The number of aryl methyl sites for hydroxylation is 2. The first-order valence-electron chi connectivity index (χ1n) is 10.8. The molecular weight excluding hydrogens is 453 g/mol. The third kappa shape index (κ3) is 3.45. The van der Waals surface area contributed by atoms with E-state index in [4.69, 9.17) is 0 Å². The Morgan fingerprint density at radius 1 is 1.06 bits per heavy atom. The molecule has 172 valence electrons. The van der Waals surface area contributed by atoms with Crippen molar-refractivity contribution in [2.24, 2.45) is 0 Å². The van der Waals surface area contributed by atoms with E-state index in [1.807, 2.05) is 32.0 Å². The molecule has 1 N–H and O–H groups in total. The van der Waals surface area contributed by atoms with E-state index in [1.165, 1.54) is 39.8 Å². The molecule has 8 heteroatoms. The SMILES string of the molecule is Cc1ccc(C)c(NC(=O)CN2C(=O)[C@]3(SCC(=O)N3c3cccc(F)c3)c3ccccc32)c1. The first-order valence-corrected chi connectivity index (χ1v) is 11.8. The minimum atomic E-state index is -1.39. The van der Waals surface area contributed by atoms with Crippen LogP contribution in [0.5, 0.6) is 0 Å². The number of carbonyl (C=O) groups is 3. The summed E-state index contributed by atoms with van der Waals surface area (Å²) >= 11 is 1.19. The van der Waals surface area contributed by atoms with Gasteiger partial charge in [-0.25, -0.2) is 4.39 Å². The molecule has 1 atom stereocenters. The number of thioether (sulfide) groups is 1. The molecule has 2 aliphatic heterocycles. The van der Waals surface area contributed by atoms with Crippen LogP contribution in [-0.4, -0.2) is 30.0 Å². The fourth-order valence-electron chi connectivity index (χ4n) is 4.53. The molecular formula is C26H22FN3O3S. The van der Waals surface area contributed by atoms with Crippen LogP contribution >= 0.6 is 11.8 Å². The van der Waals surface area contributed by atoms with E-state index in [2.05, 4.69) is 5.32 Å². The Balaban J connectivity index is 1.52. The van der Waals surface area contributed by atoms with E-state index in [1.54, 1.807) is 30.3 Å². The van der Waals surface area contributed by atoms with Crippen molar-refractivity contribution < 1.29 is 18.8 Å². The number of benzene rings is 3. The molecule has 1 saturated heterocycles. The molecule has 1 spiro atoms. The maximum absolute atomic E-state index is 14.0. The van der Waals surface area contributed by atoms with Gasteiger partial charge in [0, 0.05) is 16.9 Å². The Bertz CT molecular complexity index is 1340. The van der Waals surface area contributed by atoms with Gasteiger partial charge in [0.1, 0.15) is 12.4 Å². The number of fused-ring (bicyclic) bond motifs is 2. The number of halogens is 1. The predicted octanol–water partition coefficient (Wildman–Crippen LogP) is 4.36. The Labute approximate surface area is 200 Å². The van der Waals surface area contributed by atoms with Crippen LogP contribution in [0, 0.1) is 19.7 Å². The molecule has 3 aromatic carbocycles. The second-order valence-corrected chi connectivity index (χ2v) is 9.58. The third-order valence-corrected chi connectivity index (χ3v) is 7.49. The van der Waals surface area contributed by atoms with E-state index in [0.717, 1.165) is 11.1 Å². The van der Waals surface area contributed by atoms with Gasteiger partial charge in [-0.3, -0.25) is 24.2 Å². The van der Waals surface area contributed by atoms with Gasteiger partial charge in [0.15, 0.2) is 0 Å². The van der Waals surface area contributed by atoms with Gasteiger partial charge in [-0.1, -0.05) is 36.4 Å². The summed E-state index contributed by atoms with van der Waals surface area (Å²) in [5, 5.41) is 2.90. The van der Waals surface area contributed by atoms with E-state index in [9.17, 15) is 18.8 Å². The van der Waals surface area contributed by atoms with Crippen molar-refractivity contribution >= 4 is 46.5 Å². The normalized spacial score (nSPS) is 19.1. The average Bonchev–Trinajstić information content (AvgIpc) is 3.27. The molecule has 0 aliphatic carbocycles. The number of rotatable bonds is 4. The second kappa shape index (κ2) is 8.29. The molecule has 2 heterocycles. The standard InChI is InChI=1S/C26H22FN3O3S/c1-16-10-11-17(2)21(12-16)28-23(31)14-29-22-9-4-3-8-20(22)26(25(29)33)30(24(32)15-34-26)19-7-5-6-18(27)13-19/h3-13H,14-15H2,1-2H3,(H,28,31)/t26-/m1/s1. The van der Waals surface area contributed by atoms with Crippen LogP contribution in [0.4, 0.5) is 21.5 Å². The fourth-order valence-corrected chi connectivity index (χ4v) is 5.89. The molecule has 3 amide bonds. The number of amides is 3. The number of hydrogen-bond acceptors (Lipinski definition) is 4. The zero-order valence-electron chi connectivity index (χ0n) is 18.7. The van der Waals surface area contributed by atoms with Crippen LogP contribution in [0.15, 0.2) is 66.7 Å². The van der Waals surface area contributed by atoms with E-state index in [-0.39, 0.29) is 24.1 Å². The molecule has 5 rings (SSSR count). The minimum Gasteiger partial charge on any atom is -0.324 e. The molecule has 0 unspecified atom stereocenters. The van der Waals surface area contributed by atoms with Crippen molar-refractivity contribution in [1.82, 2.24) is 0 Å². The van der Waals surface area contributed by atoms with Gasteiger partial charge in [-0.05, 0) is 55.3 Å². The first-order chi connectivity index (χ1) is 16.3. The van der Waals surface area contributed by atoms with Crippen LogP contribution < -0.4 is 15.1 Å². The van der Waals surface area contributed by atoms with Crippen molar-refractivity contribution in [3.63, 3.8) is 0 Å². The number of hydrogen-bond donors (Lipinski definition) is 1. The van der Waals surface area contributed by atoms with E-state index >= 15 is 0 Å². The lowest BCUT2D eigenvalue weighted by molar-refractivity contribution is -0.124. The Morgan fingerprint density at radius 2 is 1.85 bits per heavy atom. The van der Waals surface area contributed by atoms with Gasteiger partial charge in [0.05, 0.1) is 11.4 Å². The van der Waals surface area contributed by atoms with Gasteiger partial charge in [-0.15, -0.1) is 11.8 Å². The summed E-state index contributed by atoms with van der Waals surface area (Å²) in [5.41, 5.74) is 4.09. The zero-order valence-corrected chi connectivity index (χ0v) is 19.5. The summed E-state index contributed by atoms with van der Waals surface area (Å²) < 4.78 is 14.0. The highest BCUT2D eigenvalue weighted by Gasteiger charge is 2.61. The average molecular weight is 476 g/mol. The lowest BCUT2D eigenvalue weighted by Crippen LogP contribution is -2.50. The molecule has 0 radical (unpaired) electrons. The minimum absolute atomic E-state index is 0.0686. The molecule has 0 saturated carbocycles. The maximum atomic E-state index is 14.0. The number of carbonyl (C=O) groups excluding carboxylic acids is 3. The summed E-state index contributed by atoms with van der Waals surface area (Å²) in [6.07, 6.45) is 0. The van der Waals surface area contributed by atoms with Crippen molar-refractivity contribution in [2.75, 3.05) is 27.4 Å². The molecule has 34 heavy (non-hydrogen) atoms. The summed E-state index contributed by atoms with van der Waals surface area (Å²) in [7, 11) is 0. The van der Waals surface area contributed by atoms with Crippen LogP contribution in [0.2, 0.25) is 0 Å². The number of nitrogens with one attached hydrogen (secondary N) is 1. The Hall–Kier alpha value is -3.65. The topological polar surface area (TPSA) is 69.7 Å². The van der Waals surface area contributed by atoms with Gasteiger partial charge in [-0.2, -0.15) is 0 Å². The lowest BCUT2D eigenvalue weighted by atomic mass is 10.0. The van der Waals surface area contributed by atoms with Crippen molar-refractivity contribution in [3.8, 4) is 0 Å². The van der Waals surface area contributed by atoms with Crippen molar-refractivity contribution in [2.45, 2.75) is 18.7 Å². The van der Waals surface area contributed by atoms with Crippen molar-refractivity contribution in [3.05, 3.63) is 89.2 Å². The van der Waals surface area contributed by atoms with Crippen LogP contribution in [0.25, 0.3) is 0 Å². The Morgan fingerprint density at radius 3 is 2.65 bits per heavy atom. The Kier molecular flexibility index (Phi) is 5.40. The van der Waals surface area contributed by atoms with Gasteiger partial charge in [0.2, 0.25) is 16.7 Å². The maximum Gasteiger partial charge on any atom is 0.269 e. The molecule has 6 nitrogen and oxygen atoms in total. The molecule has 3 aromatic rings.